The molecule has 0 rings (SSSR count). The molecule has 0 radical (unpaired) electrons. The summed E-state index contributed by atoms with van der Waals surface area (Å²) in [5.74, 6) is 0. The number of rotatable bonds is 0. The van der Waals surface area contributed by atoms with Gasteiger partial charge in [-0.15, -0.1) is 0 Å². The van der Waals surface area contributed by atoms with Gasteiger partial charge in [0.05, 0.1) is 0 Å². The van der Waals surface area contributed by atoms with Gasteiger partial charge in [-0.2, -0.15) is 0 Å². The van der Waals surface area contributed by atoms with E-state index in [1.807, 2.05) is 0 Å². The summed E-state index contributed by atoms with van der Waals surface area (Å²) in [6, 6.07) is 0. The van der Waals surface area contributed by atoms with E-state index in [1.54, 1.807) is 0 Å². The van der Waals surface area contributed by atoms with Crippen LogP contribution in [0.15, 0.2) is 0 Å². The van der Waals surface area contributed by atoms with E-state index in [0.29, 0.717) is 0 Å². The first kappa shape index (κ1) is 231. The molecule has 0 aliphatic heterocycles. The molecule has 0 aliphatic carbocycles. The minimum Gasteiger partial charge on any atom is -0.907 e. The predicted molar refractivity (Wildman–Crippen MR) is 46.0 cm³/mol. The number of hydrogen-bond acceptors (Lipinski definition) is 24. The van der Waals surface area contributed by atoms with E-state index in [0.717, 1.165) is 0 Å². The van der Waals surface area contributed by atoms with Crippen molar-refractivity contribution in [3.8, 4) is 0 Å². The fraction of sp³-hybridized carbons (Fsp3) is 0. The van der Waals surface area contributed by atoms with Crippen molar-refractivity contribution < 1.29 is 573 Å². The summed E-state index contributed by atoms with van der Waals surface area (Å²) >= 11 is 0. The van der Waals surface area contributed by atoms with Crippen LogP contribution in [-0.2, 0) is 0 Å². The van der Waals surface area contributed by atoms with Crippen LogP contribution in [0.3, 0.4) is 0 Å². The molecule has 192 valence electrons. The second kappa shape index (κ2) is 221. The van der Waals surface area contributed by atoms with Crippen molar-refractivity contribution in [3.63, 3.8) is 0 Å². The van der Waals surface area contributed by atoms with E-state index >= 15 is 0 Å². The molecule has 0 saturated carbocycles. The van der Waals surface area contributed by atoms with E-state index in [2.05, 4.69) is 0 Å². The first-order valence-corrected chi connectivity index (χ1v) is 5.66. The van der Waals surface area contributed by atoms with E-state index in [9.17, 15) is 0 Å². The van der Waals surface area contributed by atoms with Crippen molar-refractivity contribution in [2.45, 2.75) is 0 Å². The van der Waals surface area contributed by atoms with Crippen molar-refractivity contribution in [2.24, 2.45) is 0 Å². The van der Waals surface area contributed by atoms with Gasteiger partial charge in [0, 0.05) is 0 Å². The summed E-state index contributed by atoms with van der Waals surface area (Å²) in [7, 11) is -23.3. The fourth-order valence-corrected chi connectivity index (χ4v) is 0. The number of hydrogen-bond donors (Lipinski definition) is 0. The maximum absolute atomic E-state index is 8.42. The quantitative estimate of drug-likeness (QED) is 0.222. The first-order valence-electron chi connectivity index (χ1n) is 5.66. The summed E-state index contributed by atoms with van der Waals surface area (Å²) in [6.07, 6.45) is 0. The van der Waals surface area contributed by atoms with Gasteiger partial charge in [-0.3, -0.25) is 58.6 Å². The van der Waals surface area contributed by atoms with E-state index in [1.165, 1.54) is 0 Å². The molecule has 56 heavy (non-hydrogen) atoms. The van der Waals surface area contributed by atoms with Gasteiger partial charge < -0.3 is 121 Å². The molecule has 0 heterocycles. The molecule has 0 atom stereocenters. The molecule has 0 aromatic heterocycles. The molecule has 0 aromatic rings. The molecule has 56 heteroatoms. The standard InChI is InChI=1S/8BO3.24Li/c8*2-1(3)4;;;;;;;;;;;;;;;;;;;;;;;;/q8*-3;24*+1. The first-order chi connectivity index (χ1) is 13.9. The molecular weight excluding hydrogens is 637 g/mol. The van der Waals surface area contributed by atoms with Crippen molar-refractivity contribution in [1.82, 2.24) is 0 Å². The van der Waals surface area contributed by atoms with Crippen molar-refractivity contribution in [2.75, 3.05) is 0 Å². The van der Waals surface area contributed by atoms with Gasteiger partial charge in [-0.1, -0.05) is 0 Å². The summed E-state index contributed by atoms with van der Waals surface area (Å²) in [4.78, 5) is 0. The molecule has 0 bridgehead atoms. The summed E-state index contributed by atoms with van der Waals surface area (Å²) in [5.41, 5.74) is 0. The summed E-state index contributed by atoms with van der Waals surface area (Å²) < 4.78 is 0. The van der Waals surface area contributed by atoms with Gasteiger partial charge in [-0.25, -0.2) is 0 Å². The SMILES string of the molecule is [Li+].[Li+].[Li+].[Li+].[Li+].[Li+].[Li+].[Li+].[Li+].[Li+].[Li+].[Li+].[Li+].[Li+].[Li+].[Li+].[Li+].[Li+].[Li+].[Li+].[Li+].[Li+].[Li+].[Li+].[O-]B([O-])[O-].[O-]B([O-])[O-].[O-]B([O-])[O-].[O-]B([O-])[O-].[O-]B([O-])[O-].[O-]B([O-])[O-].[O-]B([O-])[O-].[O-]B([O-])[O-]. The van der Waals surface area contributed by atoms with E-state index < -0.39 is 58.6 Å². The zero-order chi connectivity index (χ0) is 28.6. The average Bonchev–Trinajstić information content (AvgIpc) is 2.30. The molecule has 0 N–H and O–H groups in total. The predicted octanol–water partition coefficient (Wildman–Crippen LogP) is -103. The van der Waals surface area contributed by atoms with Gasteiger partial charge >= 0.3 is 453 Å². The minimum atomic E-state index is -2.92. The van der Waals surface area contributed by atoms with Crippen molar-refractivity contribution >= 4 is 58.6 Å². The molecular formula is B8Li24O24. The Morgan fingerprint density at radius 3 is 0.0893 bits per heavy atom. The molecule has 0 fully saturated rings. The molecule has 0 spiro atoms. The van der Waals surface area contributed by atoms with Gasteiger partial charge in [0.25, 0.3) is 0 Å². The Morgan fingerprint density at radius 1 is 0.0893 bits per heavy atom. The van der Waals surface area contributed by atoms with Crippen LogP contribution >= 0.6 is 0 Å². The maximum atomic E-state index is 8.42. The summed E-state index contributed by atoms with van der Waals surface area (Å²) in [5, 5.41) is 202. The second-order valence-electron chi connectivity index (χ2n) is 2.31. The van der Waals surface area contributed by atoms with Crippen LogP contribution in [0.4, 0.5) is 0 Å². The normalized spacial score (nSPS) is 3.86. The zero-order valence-electron chi connectivity index (χ0n) is 38.4. The van der Waals surface area contributed by atoms with Crippen molar-refractivity contribution in [3.05, 3.63) is 0 Å². The molecule has 0 aliphatic rings. The van der Waals surface area contributed by atoms with Gasteiger partial charge in [-0.05, 0) is 0 Å². The van der Waals surface area contributed by atoms with E-state index in [-0.39, 0.29) is 453 Å². The third-order valence-electron chi connectivity index (χ3n) is 0. The Bertz CT molecular complexity index is 191. The topological polar surface area (TPSA) is 553 Å². The third kappa shape index (κ3) is 1570. The van der Waals surface area contributed by atoms with Crippen LogP contribution in [0.1, 0.15) is 0 Å². The van der Waals surface area contributed by atoms with Crippen LogP contribution in [0.2, 0.25) is 0 Å². The van der Waals surface area contributed by atoms with E-state index in [4.69, 9.17) is 121 Å². The monoisotopic (exact) mass is 640 g/mol. The molecule has 24 nitrogen and oxygen atoms in total. The Kier molecular flexibility index (Phi) is 912. The van der Waals surface area contributed by atoms with Gasteiger partial charge in [0.1, 0.15) is 0 Å². The minimum absolute atomic E-state index is 0. The maximum Gasteiger partial charge on any atom is 1.00 e. The molecule has 0 saturated heterocycles. The largest absolute Gasteiger partial charge is 1.00 e. The van der Waals surface area contributed by atoms with Crippen LogP contribution in [0.5, 0.6) is 0 Å². The van der Waals surface area contributed by atoms with Crippen molar-refractivity contribution in [1.29, 1.82) is 0 Å². The second-order valence-corrected chi connectivity index (χ2v) is 2.31. The van der Waals surface area contributed by atoms with Crippen LogP contribution in [0, 0.1) is 0 Å². The Morgan fingerprint density at radius 2 is 0.0893 bits per heavy atom. The Labute approximate surface area is 619 Å². The Hall–Kier alpha value is 13.9. The average molecular weight is 637 g/mol. The molecule has 0 aromatic carbocycles. The Balaban J connectivity index is -0.00000000369. The smallest absolute Gasteiger partial charge is 0.907 e. The third-order valence-corrected chi connectivity index (χ3v) is 0. The van der Waals surface area contributed by atoms with Crippen LogP contribution < -0.4 is 573 Å². The fourth-order valence-electron chi connectivity index (χ4n) is 0. The molecule has 0 amide bonds. The van der Waals surface area contributed by atoms with Crippen LogP contribution in [-0.4, -0.2) is 58.6 Å². The van der Waals surface area contributed by atoms with Crippen LogP contribution in [0.25, 0.3) is 0 Å². The zero-order valence-corrected chi connectivity index (χ0v) is 38.4. The van der Waals surface area contributed by atoms with Gasteiger partial charge in [0.15, 0.2) is 0 Å². The summed E-state index contributed by atoms with van der Waals surface area (Å²) in [6.45, 7) is 0. The van der Waals surface area contributed by atoms with Gasteiger partial charge in [0.2, 0.25) is 0 Å². The molecule has 0 unspecified atom stereocenters.